The van der Waals surface area contributed by atoms with Crippen molar-refractivity contribution < 1.29 is 9.53 Å². The molecule has 0 saturated carbocycles. The molecular formula is C15H18N4O3. The highest BCUT2D eigenvalue weighted by atomic mass is 16.5. The molecule has 0 aliphatic carbocycles. The van der Waals surface area contributed by atoms with Crippen LogP contribution in [-0.4, -0.2) is 53.3 Å². The molecule has 1 N–H and O–H groups in total. The molecule has 0 bridgehead atoms. The van der Waals surface area contributed by atoms with Crippen LogP contribution in [0.3, 0.4) is 0 Å². The third-order valence-electron chi connectivity index (χ3n) is 3.65. The van der Waals surface area contributed by atoms with Crippen LogP contribution in [0.2, 0.25) is 0 Å². The minimum absolute atomic E-state index is 0.232. The third kappa shape index (κ3) is 3.00. The Kier molecular flexibility index (Phi) is 4.17. The largest absolute Gasteiger partial charge is 0.379 e. The second kappa shape index (κ2) is 6.25. The number of rotatable bonds is 3. The van der Waals surface area contributed by atoms with E-state index in [4.69, 9.17) is 4.74 Å². The maximum Gasteiger partial charge on any atom is 0.280 e. The number of hydrogen-bond acceptors (Lipinski definition) is 5. The first-order valence-corrected chi connectivity index (χ1v) is 7.23. The first-order valence-electron chi connectivity index (χ1n) is 7.23. The molecule has 22 heavy (non-hydrogen) atoms. The van der Waals surface area contributed by atoms with Gasteiger partial charge in [0.2, 0.25) is 0 Å². The summed E-state index contributed by atoms with van der Waals surface area (Å²) in [4.78, 5) is 30.9. The summed E-state index contributed by atoms with van der Waals surface area (Å²) in [6, 6.07) is 7.09. The van der Waals surface area contributed by atoms with Gasteiger partial charge in [0.05, 0.1) is 30.7 Å². The number of amides is 1. The van der Waals surface area contributed by atoms with Gasteiger partial charge >= 0.3 is 0 Å². The van der Waals surface area contributed by atoms with Gasteiger partial charge in [0.25, 0.3) is 11.5 Å². The van der Waals surface area contributed by atoms with Crippen LogP contribution >= 0.6 is 0 Å². The van der Waals surface area contributed by atoms with Gasteiger partial charge in [-0.05, 0) is 19.1 Å². The highest BCUT2D eigenvalue weighted by Gasteiger charge is 2.16. The number of hydrogen-bond donors (Lipinski definition) is 1. The van der Waals surface area contributed by atoms with Crippen LogP contribution < -0.4 is 11.0 Å². The molecule has 116 valence electrons. The smallest absolute Gasteiger partial charge is 0.280 e. The van der Waals surface area contributed by atoms with E-state index in [1.54, 1.807) is 25.1 Å². The normalized spacial score (nSPS) is 15.9. The fourth-order valence-electron chi connectivity index (χ4n) is 2.50. The fraction of sp³-hybridized carbons (Fsp3) is 0.400. The number of nitrogens with one attached hydrogen (secondary N) is 1. The number of aromatic nitrogens is 2. The highest BCUT2D eigenvalue weighted by Crippen LogP contribution is 2.06. The van der Waals surface area contributed by atoms with Crippen molar-refractivity contribution in [2.24, 2.45) is 0 Å². The van der Waals surface area contributed by atoms with E-state index in [0.717, 1.165) is 13.1 Å². The number of benzene rings is 1. The summed E-state index contributed by atoms with van der Waals surface area (Å²) in [7, 11) is 0. The van der Waals surface area contributed by atoms with E-state index < -0.39 is 0 Å². The zero-order valence-corrected chi connectivity index (χ0v) is 12.4. The highest BCUT2D eigenvalue weighted by molar-refractivity contribution is 5.86. The zero-order chi connectivity index (χ0) is 15.5. The van der Waals surface area contributed by atoms with E-state index in [1.807, 2.05) is 11.0 Å². The molecule has 7 heteroatoms. The minimum atomic E-state index is -0.265. The Bertz CT molecular complexity index is 750. The molecule has 1 fully saturated rings. The summed E-state index contributed by atoms with van der Waals surface area (Å²) >= 11 is 0. The van der Waals surface area contributed by atoms with Crippen molar-refractivity contribution in [3.8, 4) is 0 Å². The van der Waals surface area contributed by atoms with Gasteiger partial charge in [0, 0.05) is 13.1 Å². The SMILES string of the molecule is Cc1nc2ccccc2c(=O)n1NC(=O)CN1CCOCC1. The number of para-hydroxylation sites is 1. The van der Waals surface area contributed by atoms with E-state index >= 15 is 0 Å². The zero-order valence-electron chi connectivity index (χ0n) is 12.4. The summed E-state index contributed by atoms with van der Waals surface area (Å²) in [6.07, 6.45) is 0. The number of aryl methyl sites for hydroxylation is 1. The summed E-state index contributed by atoms with van der Waals surface area (Å²) in [5, 5.41) is 0.486. The van der Waals surface area contributed by atoms with Crippen molar-refractivity contribution in [3.05, 3.63) is 40.4 Å². The van der Waals surface area contributed by atoms with Crippen molar-refractivity contribution in [2.45, 2.75) is 6.92 Å². The van der Waals surface area contributed by atoms with Crippen molar-refractivity contribution in [1.29, 1.82) is 0 Å². The summed E-state index contributed by atoms with van der Waals surface area (Å²) < 4.78 is 6.46. The van der Waals surface area contributed by atoms with Gasteiger partial charge < -0.3 is 4.74 Å². The fourth-order valence-corrected chi connectivity index (χ4v) is 2.50. The Morgan fingerprint density at radius 2 is 2.05 bits per heavy atom. The van der Waals surface area contributed by atoms with Crippen LogP contribution in [-0.2, 0) is 9.53 Å². The molecule has 1 aromatic carbocycles. The molecule has 0 unspecified atom stereocenters. The molecule has 1 aliphatic rings. The van der Waals surface area contributed by atoms with Crippen molar-refractivity contribution in [1.82, 2.24) is 14.6 Å². The lowest BCUT2D eigenvalue weighted by molar-refractivity contribution is -0.119. The molecule has 1 amide bonds. The van der Waals surface area contributed by atoms with Crippen LogP contribution in [0, 0.1) is 6.92 Å². The molecule has 1 aromatic heterocycles. The Hall–Kier alpha value is -2.25. The van der Waals surface area contributed by atoms with Crippen molar-refractivity contribution in [2.75, 3.05) is 38.3 Å². The molecule has 0 radical (unpaired) electrons. The average molecular weight is 302 g/mol. The van der Waals surface area contributed by atoms with Crippen LogP contribution in [0.1, 0.15) is 5.82 Å². The summed E-state index contributed by atoms with van der Waals surface area (Å²) in [5.74, 6) is 0.225. The minimum Gasteiger partial charge on any atom is -0.379 e. The molecule has 0 atom stereocenters. The van der Waals surface area contributed by atoms with Crippen LogP contribution in [0.15, 0.2) is 29.1 Å². The van der Waals surface area contributed by atoms with Gasteiger partial charge in [0.15, 0.2) is 0 Å². The second-order valence-electron chi connectivity index (χ2n) is 5.24. The summed E-state index contributed by atoms with van der Waals surface area (Å²) in [6.45, 7) is 4.63. The lowest BCUT2D eigenvalue weighted by Gasteiger charge is -2.26. The van der Waals surface area contributed by atoms with Crippen molar-refractivity contribution in [3.63, 3.8) is 0 Å². The summed E-state index contributed by atoms with van der Waals surface area (Å²) in [5.41, 5.74) is 3.00. The van der Waals surface area contributed by atoms with E-state index in [1.165, 1.54) is 4.68 Å². The monoisotopic (exact) mass is 302 g/mol. The molecule has 2 aromatic rings. The second-order valence-corrected chi connectivity index (χ2v) is 5.24. The molecule has 1 aliphatic heterocycles. The van der Waals surface area contributed by atoms with Gasteiger partial charge in [-0.15, -0.1) is 0 Å². The molecular weight excluding hydrogens is 284 g/mol. The number of carbonyl (C=O) groups is 1. The van der Waals surface area contributed by atoms with Crippen molar-refractivity contribution >= 4 is 16.8 Å². The van der Waals surface area contributed by atoms with Gasteiger partial charge in [-0.25, -0.2) is 9.66 Å². The Morgan fingerprint density at radius 1 is 1.32 bits per heavy atom. The van der Waals surface area contributed by atoms with Gasteiger partial charge in [0.1, 0.15) is 5.82 Å². The standard InChI is InChI=1S/C15H18N4O3/c1-11-16-13-5-3-2-4-12(13)15(21)19(11)17-14(20)10-18-6-8-22-9-7-18/h2-5H,6-10H2,1H3,(H,17,20). The lowest BCUT2D eigenvalue weighted by atomic mass is 10.2. The molecule has 2 heterocycles. The topological polar surface area (TPSA) is 76.5 Å². The van der Waals surface area contributed by atoms with Crippen LogP contribution in [0.5, 0.6) is 0 Å². The van der Waals surface area contributed by atoms with E-state index in [-0.39, 0.29) is 18.0 Å². The molecule has 0 spiro atoms. The Morgan fingerprint density at radius 3 is 2.82 bits per heavy atom. The maximum absolute atomic E-state index is 12.5. The van der Waals surface area contributed by atoms with Crippen LogP contribution in [0.25, 0.3) is 10.9 Å². The number of morpholine rings is 1. The van der Waals surface area contributed by atoms with Gasteiger partial charge in [-0.2, -0.15) is 0 Å². The average Bonchev–Trinajstić information content (AvgIpc) is 2.52. The lowest BCUT2D eigenvalue weighted by Crippen LogP contribution is -2.44. The van der Waals surface area contributed by atoms with E-state index in [0.29, 0.717) is 29.9 Å². The molecule has 1 saturated heterocycles. The first-order chi connectivity index (χ1) is 10.6. The maximum atomic E-state index is 12.5. The number of nitrogens with zero attached hydrogens (tertiary/aromatic N) is 3. The predicted molar refractivity (Wildman–Crippen MR) is 82.4 cm³/mol. The van der Waals surface area contributed by atoms with E-state index in [9.17, 15) is 9.59 Å². The number of ether oxygens (including phenoxy) is 1. The van der Waals surface area contributed by atoms with Crippen LogP contribution in [0.4, 0.5) is 0 Å². The molecule has 3 rings (SSSR count). The van der Waals surface area contributed by atoms with Gasteiger partial charge in [-0.3, -0.25) is 19.9 Å². The first kappa shape index (κ1) is 14.7. The van der Waals surface area contributed by atoms with Gasteiger partial charge in [-0.1, -0.05) is 12.1 Å². The number of carbonyl (C=O) groups excluding carboxylic acids is 1. The third-order valence-corrected chi connectivity index (χ3v) is 3.65. The Labute approximate surface area is 127 Å². The quantitative estimate of drug-likeness (QED) is 0.871. The predicted octanol–water partition coefficient (Wildman–Crippen LogP) is 0.107. The molecule has 7 nitrogen and oxygen atoms in total. The Balaban J connectivity index is 1.81. The number of fused-ring (bicyclic) bond motifs is 1. The van der Waals surface area contributed by atoms with E-state index in [2.05, 4.69) is 10.4 Å².